The van der Waals surface area contributed by atoms with Crippen LogP contribution >= 0.6 is 7.60 Å². The molecule has 1 aromatic rings. The Kier molecular flexibility index (Phi) is 4.36. The van der Waals surface area contributed by atoms with E-state index in [4.69, 9.17) is 9.05 Å². The van der Waals surface area contributed by atoms with Crippen molar-refractivity contribution in [3.63, 3.8) is 0 Å². The third kappa shape index (κ3) is 3.84. The summed E-state index contributed by atoms with van der Waals surface area (Å²) in [5, 5.41) is 0. The molecule has 0 heterocycles. The summed E-state index contributed by atoms with van der Waals surface area (Å²) in [6, 6.07) is 4.39. The zero-order valence-corrected chi connectivity index (χ0v) is 10.2. The lowest BCUT2D eigenvalue weighted by Crippen LogP contribution is -2.04. The maximum absolute atomic E-state index is 12.3. The topological polar surface area (TPSA) is 35.5 Å². The van der Waals surface area contributed by atoms with E-state index in [2.05, 4.69) is 0 Å². The van der Waals surface area contributed by atoms with Crippen molar-refractivity contribution in [2.75, 3.05) is 14.2 Å². The van der Waals surface area contributed by atoms with Crippen molar-refractivity contribution in [1.82, 2.24) is 0 Å². The second-order valence-corrected chi connectivity index (χ2v) is 5.60. The molecule has 17 heavy (non-hydrogen) atoms. The first-order valence-corrected chi connectivity index (χ1v) is 6.40. The summed E-state index contributed by atoms with van der Waals surface area (Å²) < 4.78 is 58.0. The maximum Gasteiger partial charge on any atom is 0.416 e. The van der Waals surface area contributed by atoms with Crippen LogP contribution in [0.1, 0.15) is 11.1 Å². The fraction of sp³-hybridized carbons (Fsp3) is 0.400. The second kappa shape index (κ2) is 5.21. The lowest BCUT2D eigenvalue weighted by atomic mass is 10.1. The van der Waals surface area contributed by atoms with E-state index in [1.807, 2.05) is 0 Å². The van der Waals surface area contributed by atoms with Gasteiger partial charge in [-0.2, -0.15) is 13.2 Å². The molecule has 96 valence electrons. The van der Waals surface area contributed by atoms with Gasteiger partial charge in [0.2, 0.25) is 0 Å². The van der Waals surface area contributed by atoms with E-state index >= 15 is 0 Å². The van der Waals surface area contributed by atoms with Crippen molar-refractivity contribution < 1.29 is 26.8 Å². The predicted molar refractivity (Wildman–Crippen MR) is 56.8 cm³/mol. The monoisotopic (exact) mass is 268 g/mol. The first-order chi connectivity index (χ1) is 7.80. The van der Waals surface area contributed by atoms with Gasteiger partial charge in [0, 0.05) is 14.2 Å². The molecule has 0 fully saturated rings. The number of benzene rings is 1. The first-order valence-electron chi connectivity index (χ1n) is 4.67. The highest BCUT2D eigenvalue weighted by atomic mass is 31.2. The Labute approximate surface area is 97.1 Å². The van der Waals surface area contributed by atoms with E-state index in [0.717, 1.165) is 12.1 Å². The fourth-order valence-electron chi connectivity index (χ4n) is 1.23. The summed E-state index contributed by atoms with van der Waals surface area (Å²) >= 11 is 0. The molecule has 1 aromatic carbocycles. The molecule has 0 spiro atoms. The summed E-state index contributed by atoms with van der Waals surface area (Å²) in [4.78, 5) is 0. The summed E-state index contributed by atoms with van der Waals surface area (Å²) in [5.41, 5.74) is -0.282. The SMILES string of the molecule is COP(=O)(Cc1ccc(C(F)(F)F)cc1)OC. The Morgan fingerprint density at radius 2 is 1.59 bits per heavy atom. The molecular weight excluding hydrogens is 256 g/mol. The lowest BCUT2D eigenvalue weighted by Gasteiger charge is -2.14. The highest BCUT2D eigenvalue weighted by Gasteiger charge is 2.30. The fourth-order valence-corrected chi connectivity index (χ4v) is 2.29. The molecule has 0 unspecified atom stereocenters. The number of halogens is 3. The standard InChI is InChI=1S/C10H12F3O3P/c1-15-17(14,16-2)7-8-3-5-9(6-4-8)10(11,12)13/h3-6H,7H2,1-2H3. The van der Waals surface area contributed by atoms with Gasteiger partial charge < -0.3 is 9.05 Å². The average molecular weight is 268 g/mol. The Hall–Kier alpha value is -0.840. The Morgan fingerprint density at radius 1 is 1.12 bits per heavy atom. The van der Waals surface area contributed by atoms with Crippen molar-refractivity contribution >= 4 is 7.60 Å². The van der Waals surface area contributed by atoms with Gasteiger partial charge in [0.25, 0.3) is 0 Å². The van der Waals surface area contributed by atoms with Gasteiger partial charge in [-0.3, -0.25) is 4.57 Å². The number of rotatable bonds is 4. The normalized spacial score (nSPS) is 12.8. The van der Waals surface area contributed by atoms with Crippen LogP contribution in [-0.2, 0) is 26.0 Å². The molecule has 1 rings (SSSR count). The minimum atomic E-state index is -4.37. The molecule has 0 aliphatic heterocycles. The van der Waals surface area contributed by atoms with Gasteiger partial charge in [0.15, 0.2) is 0 Å². The quantitative estimate of drug-likeness (QED) is 0.781. The van der Waals surface area contributed by atoms with Crippen molar-refractivity contribution in [1.29, 1.82) is 0 Å². The molecule has 0 saturated heterocycles. The summed E-state index contributed by atoms with van der Waals surface area (Å²) in [6.45, 7) is 0. The zero-order valence-electron chi connectivity index (χ0n) is 9.32. The summed E-state index contributed by atoms with van der Waals surface area (Å²) in [6.07, 6.45) is -4.43. The average Bonchev–Trinajstić information content (AvgIpc) is 2.28. The number of hydrogen-bond acceptors (Lipinski definition) is 3. The van der Waals surface area contributed by atoms with Gasteiger partial charge in [0.05, 0.1) is 11.7 Å². The van der Waals surface area contributed by atoms with Gasteiger partial charge >= 0.3 is 13.8 Å². The van der Waals surface area contributed by atoms with Crippen molar-refractivity contribution in [3.05, 3.63) is 35.4 Å². The number of alkyl halides is 3. The number of hydrogen-bond donors (Lipinski definition) is 0. The highest BCUT2D eigenvalue weighted by molar-refractivity contribution is 7.52. The molecule has 0 N–H and O–H groups in total. The van der Waals surface area contributed by atoms with Crippen LogP contribution in [0.4, 0.5) is 13.2 Å². The van der Waals surface area contributed by atoms with Gasteiger partial charge in [-0.1, -0.05) is 12.1 Å². The van der Waals surface area contributed by atoms with Crippen LogP contribution in [0, 0.1) is 0 Å². The van der Waals surface area contributed by atoms with Crippen molar-refractivity contribution in [2.45, 2.75) is 12.3 Å². The van der Waals surface area contributed by atoms with Crippen molar-refractivity contribution in [2.24, 2.45) is 0 Å². The summed E-state index contributed by atoms with van der Waals surface area (Å²) in [7, 11) is -0.779. The van der Waals surface area contributed by atoms with Crippen LogP contribution < -0.4 is 0 Å². The van der Waals surface area contributed by atoms with E-state index in [0.29, 0.717) is 5.56 Å². The molecule has 0 atom stereocenters. The third-order valence-corrected chi connectivity index (χ3v) is 4.08. The largest absolute Gasteiger partial charge is 0.416 e. The van der Waals surface area contributed by atoms with Crippen LogP contribution in [0.15, 0.2) is 24.3 Å². The van der Waals surface area contributed by atoms with Crippen LogP contribution in [0.25, 0.3) is 0 Å². The molecule has 0 aromatic heterocycles. The Bertz CT molecular complexity index is 406. The Balaban J connectivity index is 2.86. The zero-order chi connectivity index (χ0) is 13.1. The molecule has 0 aliphatic carbocycles. The van der Waals surface area contributed by atoms with Gasteiger partial charge in [0.1, 0.15) is 0 Å². The molecular formula is C10H12F3O3P. The Morgan fingerprint density at radius 3 is 1.94 bits per heavy atom. The lowest BCUT2D eigenvalue weighted by molar-refractivity contribution is -0.137. The highest BCUT2D eigenvalue weighted by Crippen LogP contribution is 2.49. The van der Waals surface area contributed by atoms with E-state index in [1.165, 1.54) is 26.4 Å². The molecule has 0 aliphatic rings. The van der Waals surface area contributed by atoms with Crippen LogP contribution in [0.5, 0.6) is 0 Å². The van der Waals surface area contributed by atoms with Crippen molar-refractivity contribution in [3.8, 4) is 0 Å². The van der Waals surface area contributed by atoms with Gasteiger partial charge in [-0.05, 0) is 17.7 Å². The second-order valence-electron chi connectivity index (χ2n) is 3.33. The van der Waals surface area contributed by atoms with Gasteiger partial charge in [-0.15, -0.1) is 0 Å². The van der Waals surface area contributed by atoms with E-state index in [1.54, 1.807) is 0 Å². The first kappa shape index (κ1) is 14.2. The predicted octanol–water partition coefficient (Wildman–Crippen LogP) is 3.69. The van der Waals surface area contributed by atoms with E-state index < -0.39 is 19.3 Å². The molecule has 0 radical (unpaired) electrons. The van der Waals surface area contributed by atoms with Crippen LogP contribution in [0.3, 0.4) is 0 Å². The van der Waals surface area contributed by atoms with Gasteiger partial charge in [-0.25, -0.2) is 0 Å². The smallest absolute Gasteiger partial charge is 0.312 e. The molecule has 7 heteroatoms. The minimum Gasteiger partial charge on any atom is -0.312 e. The molecule has 3 nitrogen and oxygen atoms in total. The maximum atomic E-state index is 12.3. The minimum absolute atomic E-state index is 0.0574. The van der Waals surface area contributed by atoms with Crippen LogP contribution in [-0.4, -0.2) is 14.2 Å². The third-order valence-electron chi connectivity index (χ3n) is 2.21. The molecule has 0 amide bonds. The summed E-state index contributed by atoms with van der Waals surface area (Å²) in [5.74, 6) is 0. The molecule has 0 saturated carbocycles. The van der Waals surface area contributed by atoms with E-state index in [-0.39, 0.29) is 6.16 Å². The van der Waals surface area contributed by atoms with E-state index in [9.17, 15) is 17.7 Å². The molecule has 0 bridgehead atoms. The van der Waals surface area contributed by atoms with Crippen LogP contribution in [0.2, 0.25) is 0 Å².